The smallest absolute Gasteiger partial charge is 0.358 e. The van der Waals surface area contributed by atoms with Gasteiger partial charge in [0.05, 0.1) is 25.4 Å². The number of thioether (sulfide) groups is 1. The van der Waals surface area contributed by atoms with E-state index in [-0.39, 0.29) is 44.7 Å². The number of fused-ring (bicyclic) bond motifs is 1. The van der Waals surface area contributed by atoms with Crippen molar-refractivity contribution >= 4 is 51.9 Å². The lowest BCUT2D eigenvalue weighted by atomic mass is 10.0. The number of nitrogens with one attached hydrogen (secondary N) is 1. The zero-order valence-corrected chi connectivity index (χ0v) is 20.4. The highest BCUT2D eigenvalue weighted by Gasteiger charge is 2.60. The summed E-state index contributed by atoms with van der Waals surface area (Å²) in [6, 6.07) is -1.10. The molecule has 0 spiro atoms. The molecule has 2 saturated heterocycles. The maximum atomic E-state index is 13.1. The summed E-state index contributed by atoms with van der Waals surface area (Å²) in [5.74, 6) is -2.53. The number of anilines is 1. The minimum absolute atomic E-state index is 0.0370. The first-order valence-corrected chi connectivity index (χ1v) is 12.3. The van der Waals surface area contributed by atoms with Crippen molar-refractivity contribution in [2.75, 3.05) is 33.0 Å². The van der Waals surface area contributed by atoms with Crippen molar-refractivity contribution in [3.8, 4) is 0 Å². The highest BCUT2D eigenvalue weighted by Crippen LogP contribution is 2.48. The van der Waals surface area contributed by atoms with Gasteiger partial charge in [-0.15, -0.1) is 11.8 Å². The second-order valence-corrected chi connectivity index (χ2v) is 10.7. The van der Waals surface area contributed by atoms with E-state index in [1.54, 1.807) is 0 Å². The molecule has 4 rings (SSSR count). The van der Waals surface area contributed by atoms with Gasteiger partial charge in [0.25, 0.3) is 11.8 Å². The van der Waals surface area contributed by atoms with Gasteiger partial charge < -0.3 is 26.1 Å². The van der Waals surface area contributed by atoms with Crippen molar-refractivity contribution in [2.45, 2.75) is 42.5 Å². The molecule has 13 nitrogen and oxygen atoms in total. The maximum Gasteiger partial charge on any atom is 0.358 e. The molecule has 3 aliphatic heterocycles. The van der Waals surface area contributed by atoms with Crippen molar-refractivity contribution in [3.63, 3.8) is 0 Å². The number of carboxylic acid groups (broad SMARTS) is 1. The molecular weight excluding hydrogens is 486 g/mol. The van der Waals surface area contributed by atoms with E-state index in [4.69, 9.17) is 10.6 Å². The van der Waals surface area contributed by atoms with Gasteiger partial charge in [0.2, 0.25) is 11.5 Å². The number of quaternary nitrogens is 1. The third-order valence-electron chi connectivity index (χ3n) is 6.52. The summed E-state index contributed by atoms with van der Waals surface area (Å²) in [4.78, 5) is 48.3. The number of carbonyl (C=O) groups is 3. The third-order valence-corrected chi connectivity index (χ3v) is 8.46. The Kier molecular flexibility index (Phi) is 6.54. The largest absolute Gasteiger partial charge is 0.476 e. The second kappa shape index (κ2) is 9.13. The van der Waals surface area contributed by atoms with Gasteiger partial charge in [-0.3, -0.25) is 19.0 Å². The summed E-state index contributed by atoms with van der Waals surface area (Å²) >= 11 is 2.27. The predicted octanol–water partition coefficient (Wildman–Crippen LogP) is -0.843. The van der Waals surface area contributed by atoms with Gasteiger partial charge in [-0.25, -0.2) is 4.79 Å². The lowest BCUT2D eigenvalue weighted by Crippen LogP contribution is -2.72. The number of aliphatic hydroxyl groups excluding tert-OH is 1. The van der Waals surface area contributed by atoms with Gasteiger partial charge in [0, 0.05) is 24.4 Å². The molecule has 2 fully saturated rings. The fraction of sp³-hybridized carbons (Fsp3) is 0.579. The molecule has 0 bridgehead atoms. The Morgan fingerprint density at radius 1 is 1.44 bits per heavy atom. The van der Waals surface area contributed by atoms with Crippen LogP contribution in [0.15, 0.2) is 16.5 Å². The minimum Gasteiger partial charge on any atom is -0.476 e. The number of aliphatic hydroxyl groups is 1. The number of likely N-dealkylation sites (tertiary alicyclic amines) is 1. The summed E-state index contributed by atoms with van der Waals surface area (Å²) in [5.41, 5.74) is 5.88. The summed E-state index contributed by atoms with van der Waals surface area (Å²) in [6.45, 7) is 2.49. The van der Waals surface area contributed by atoms with Gasteiger partial charge >= 0.3 is 5.97 Å². The first-order chi connectivity index (χ1) is 16.1. The Morgan fingerprint density at radius 3 is 2.76 bits per heavy atom. The number of amides is 2. The predicted molar refractivity (Wildman–Crippen MR) is 123 cm³/mol. The Hall–Kier alpha value is -2.75. The number of aliphatic carboxylic acids is 1. The molecule has 4 heterocycles. The van der Waals surface area contributed by atoms with Crippen molar-refractivity contribution in [2.24, 2.45) is 5.16 Å². The number of nitrogens with two attached hydrogens (primary N) is 1. The minimum atomic E-state index is -1.21. The molecule has 0 radical (unpaired) electrons. The molecule has 1 unspecified atom stereocenters. The van der Waals surface area contributed by atoms with Crippen LogP contribution in [0.3, 0.4) is 0 Å². The van der Waals surface area contributed by atoms with Crippen LogP contribution in [0.25, 0.3) is 0 Å². The lowest BCUT2D eigenvalue weighted by Gasteiger charge is -2.53. The number of carbonyl (C=O) groups excluding carboxylic acids is 2. The molecule has 5 atom stereocenters. The molecule has 184 valence electrons. The van der Waals surface area contributed by atoms with Gasteiger partial charge in [-0.1, -0.05) is 5.16 Å². The fourth-order valence-corrected chi connectivity index (χ4v) is 6.97. The Balaban J connectivity index is 1.62. The fourth-order valence-electron chi connectivity index (χ4n) is 4.96. The molecule has 0 aliphatic carbocycles. The Morgan fingerprint density at radius 2 is 2.18 bits per heavy atom. The van der Waals surface area contributed by atoms with Gasteiger partial charge in [-0.05, 0) is 6.92 Å². The van der Waals surface area contributed by atoms with E-state index >= 15 is 0 Å². The number of hydrogen-bond acceptors (Lipinski definition) is 11. The van der Waals surface area contributed by atoms with Crippen LogP contribution in [0.5, 0.6) is 0 Å². The van der Waals surface area contributed by atoms with Crippen LogP contribution >= 0.6 is 23.3 Å². The highest BCUT2D eigenvalue weighted by molar-refractivity contribution is 8.00. The zero-order valence-electron chi connectivity index (χ0n) is 18.8. The van der Waals surface area contributed by atoms with Gasteiger partial charge in [0.15, 0.2) is 16.5 Å². The van der Waals surface area contributed by atoms with Crippen LogP contribution in [0.4, 0.5) is 5.13 Å². The molecule has 15 heteroatoms. The molecule has 1 aromatic heterocycles. The summed E-state index contributed by atoms with van der Waals surface area (Å²) in [6.07, 6.45) is 1.62. The molecule has 3 aliphatic rings. The number of hydrogen-bond donors (Lipinski definition) is 4. The quantitative estimate of drug-likeness (QED) is 0.156. The molecule has 0 aromatic carbocycles. The number of likely N-dealkylation sites (N-methyl/N-ethyl adjacent to an activating group) is 1. The average molecular weight is 513 g/mol. The van der Waals surface area contributed by atoms with E-state index in [1.807, 2.05) is 14.0 Å². The highest BCUT2D eigenvalue weighted by atomic mass is 32.2. The van der Waals surface area contributed by atoms with Crippen molar-refractivity contribution < 1.29 is 33.9 Å². The van der Waals surface area contributed by atoms with Crippen molar-refractivity contribution in [1.82, 2.24) is 19.6 Å². The topological polar surface area (TPSA) is 180 Å². The molecular formula is C19H26N7O6S2+. The summed E-state index contributed by atoms with van der Waals surface area (Å²) in [7, 11) is 3.16. The van der Waals surface area contributed by atoms with Crippen LogP contribution in [-0.2, 0) is 19.2 Å². The first kappa shape index (κ1) is 24.4. The number of carboxylic acids is 1. The van der Waals surface area contributed by atoms with Crippen LogP contribution in [0.1, 0.15) is 25.6 Å². The maximum absolute atomic E-state index is 13.1. The van der Waals surface area contributed by atoms with Crippen LogP contribution in [0, 0.1) is 0 Å². The number of nitrogens with zero attached hydrogens (tertiary/aromatic N) is 5. The van der Waals surface area contributed by atoms with Crippen molar-refractivity contribution in [1.29, 1.82) is 0 Å². The van der Waals surface area contributed by atoms with E-state index in [9.17, 15) is 24.6 Å². The number of nitrogen functional groups attached to an aromatic ring is 1. The summed E-state index contributed by atoms with van der Waals surface area (Å²) in [5, 5.41) is 25.5. The molecule has 34 heavy (non-hydrogen) atoms. The third kappa shape index (κ3) is 3.81. The monoisotopic (exact) mass is 512 g/mol. The van der Waals surface area contributed by atoms with Gasteiger partial charge in [0.1, 0.15) is 24.6 Å². The zero-order chi connectivity index (χ0) is 24.8. The van der Waals surface area contributed by atoms with E-state index in [2.05, 4.69) is 19.8 Å². The number of oxime groups is 1. The van der Waals surface area contributed by atoms with Crippen LogP contribution < -0.4 is 11.1 Å². The normalized spacial score (nSPS) is 31.2. The average Bonchev–Trinajstić information content (AvgIpc) is 3.39. The standard InChI is InChI=1S/C19H25N7O6S2/c1-8-13(26(2)6-4-5-9(26)7-27)12(18(30)31)25-16(29)11(17(25)33-8)21-15(28)10(23-32-3)14-22-19(20)34-24-14/h8-9,11,17,27H,4-7H2,1-3H3,(H3-,20,21,22,24,28,30,31)/p+1/b23-10-/t8?,9-,11+,17+,26-/m0/s1. The van der Waals surface area contributed by atoms with Crippen molar-refractivity contribution in [3.05, 3.63) is 17.2 Å². The number of aromatic nitrogens is 2. The number of β-lactam (4-membered cyclic amide) rings is 1. The molecule has 2 amide bonds. The number of rotatable bonds is 7. The van der Waals surface area contributed by atoms with Crippen LogP contribution in [-0.4, -0.2) is 102 Å². The molecule has 1 aromatic rings. The molecule has 5 N–H and O–H groups in total. The Labute approximate surface area is 203 Å². The van der Waals surface area contributed by atoms with E-state index in [0.717, 1.165) is 24.4 Å². The summed E-state index contributed by atoms with van der Waals surface area (Å²) < 4.78 is 4.24. The van der Waals surface area contributed by atoms with E-state index in [0.29, 0.717) is 12.2 Å². The van der Waals surface area contributed by atoms with E-state index in [1.165, 1.54) is 23.8 Å². The lowest BCUT2D eigenvalue weighted by molar-refractivity contribution is -0.886. The van der Waals surface area contributed by atoms with E-state index < -0.39 is 29.2 Å². The first-order valence-electron chi connectivity index (χ1n) is 10.6. The SMILES string of the molecule is CO/N=C(\C(=O)N[C@@H]1C(=O)N2C(C(=O)O)=C([N@@+]3(C)CCC[C@H]3CO)C(C)S[C@H]12)c1nsc(N)n1. The van der Waals surface area contributed by atoms with Crippen LogP contribution in [0.2, 0.25) is 0 Å². The molecule has 0 saturated carbocycles. The Bertz CT molecular complexity index is 1090. The van der Waals surface area contributed by atoms with Gasteiger partial charge in [-0.2, -0.15) is 9.36 Å². The second-order valence-electron chi connectivity index (χ2n) is 8.42.